The molecule has 1 aliphatic rings. The molecule has 1 rings (SSSR count). The standard InChI is InChI=1S/C12H20N2O6/c1-14(6-7-3-8(15)4-7)12(19)13-9(11(17)18)5-10(16)20-2/h7-9,15H,3-6H2,1-2H3,(H,13,19)(H,17,18)/t7?,8?,9-/m0/s1. The minimum atomic E-state index is -1.32. The number of esters is 1. The van der Waals surface area contributed by atoms with Crippen LogP contribution in [0.3, 0.4) is 0 Å². The summed E-state index contributed by atoms with van der Waals surface area (Å²) < 4.78 is 4.38. The van der Waals surface area contributed by atoms with E-state index in [9.17, 15) is 14.4 Å². The topological polar surface area (TPSA) is 116 Å². The zero-order valence-electron chi connectivity index (χ0n) is 11.5. The van der Waals surface area contributed by atoms with E-state index in [1.807, 2.05) is 0 Å². The number of carboxylic acid groups (broad SMARTS) is 1. The van der Waals surface area contributed by atoms with Crippen LogP contribution >= 0.6 is 0 Å². The molecule has 3 N–H and O–H groups in total. The van der Waals surface area contributed by atoms with E-state index >= 15 is 0 Å². The normalized spacial score (nSPS) is 22.4. The summed E-state index contributed by atoms with van der Waals surface area (Å²) in [6.45, 7) is 0.438. The van der Waals surface area contributed by atoms with Crippen molar-refractivity contribution in [2.45, 2.75) is 31.4 Å². The Kier molecular flexibility index (Phi) is 5.75. The first kappa shape index (κ1) is 16.2. The van der Waals surface area contributed by atoms with E-state index in [2.05, 4.69) is 10.1 Å². The molecule has 0 unspecified atom stereocenters. The minimum absolute atomic E-state index is 0.227. The van der Waals surface area contributed by atoms with Gasteiger partial charge in [-0.1, -0.05) is 0 Å². The predicted octanol–water partition coefficient (Wildman–Crippen LogP) is -0.585. The van der Waals surface area contributed by atoms with Crippen LogP contribution in [0, 0.1) is 5.92 Å². The van der Waals surface area contributed by atoms with Gasteiger partial charge in [-0.25, -0.2) is 9.59 Å². The van der Waals surface area contributed by atoms with Crippen LogP contribution in [-0.2, 0) is 14.3 Å². The number of methoxy groups -OCH3 is 1. The van der Waals surface area contributed by atoms with Crippen LogP contribution in [-0.4, -0.2) is 65.9 Å². The number of carbonyl (C=O) groups is 3. The lowest BCUT2D eigenvalue weighted by Crippen LogP contribution is -2.49. The number of nitrogens with one attached hydrogen (secondary N) is 1. The second-order valence-corrected chi connectivity index (χ2v) is 4.99. The molecule has 0 radical (unpaired) electrons. The van der Waals surface area contributed by atoms with E-state index < -0.39 is 30.4 Å². The van der Waals surface area contributed by atoms with Gasteiger partial charge in [0.1, 0.15) is 6.04 Å². The van der Waals surface area contributed by atoms with Crippen LogP contribution < -0.4 is 5.32 Å². The van der Waals surface area contributed by atoms with Crippen LogP contribution in [0.4, 0.5) is 4.79 Å². The number of amides is 2. The molecule has 0 aromatic rings. The predicted molar refractivity (Wildman–Crippen MR) is 67.9 cm³/mol. The number of urea groups is 1. The number of hydrogen-bond donors (Lipinski definition) is 3. The van der Waals surface area contributed by atoms with E-state index in [4.69, 9.17) is 10.2 Å². The highest BCUT2D eigenvalue weighted by Crippen LogP contribution is 2.27. The number of aliphatic carboxylic acids is 1. The molecule has 1 aliphatic carbocycles. The van der Waals surface area contributed by atoms with Crippen molar-refractivity contribution in [3.05, 3.63) is 0 Å². The molecule has 1 atom stereocenters. The molecule has 1 fully saturated rings. The molecule has 20 heavy (non-hydrogen) atoms. The van der Waals surface area contributed by atoms with Crippen molar-refractivity contribution in [1.29, 1.82) is 0 Å². The van der Waals surface area contributed by atoms with E-state index in [1.54, 1.807) is 0 Å². The van der Waals surface area contributed by atoms with E-state index in [1.165, 1.54) is 11.9 Å². The lowest BCUT2D eigenvalue weighted by atomic mass is 9.82. The van der Waals surface area contributed by atoms with Crippen LogP contribution in [0.5, 0.6) is 0 Å². The highest BCUT2D eigenvalue weighted by molar-refractivity contribution is 5.86. The summed E-state index contributed by atoms with van der Waals surface area (Å²) in [5, 5.41) is 20.4. The van der Waals surface area contributed by atoms with E-state index in [0.717, 1.165) is 7.11 Å². The summed E-state index contributed by atoms with van der Waals surface area (Å²) in [7, 11) is 2.69. The van der Waals surface area contributed by atoms with Crippen LogP contribution in [0.2, 0.25) is 0 Å². The zero-order chi connectivity index (χ0) is 15.3. The van der Waals surface area contributed by atoms with Crippen molar-refractivity contribution in [3.63, 3.8) is 0 Å². The lowest BCUT2D eigenvalue weighted by Gasteiger charge is -2.34. The Morgan fingerprint density at radius 3 is 2.45 bits per heavy atom. The van der Waals surface area contributed by atoms with Gasteiger partial charge in [0, 0.05) is 13.6 Å². The molecule has 0 bridgehead atoms. The number of carbonyl (C=O) groups excluding carboxylic acids is 2. The van der Waals surface area contributed by atoms with Gasteiger partial charge in [-0.15, -0.1) is 0 Å². The number of carboxylic acids is 1. The molecule has 0 aromatic heterocycles. The first-order valence-electron chi connectivity index (χ1n) is 6.32. The number of nitrogens with zero attached hydrogens (tertiary/aromatic N) is 1. The van der Waals surface area contributed by atoms with Crippen LogP contribution in [0.1, 0.15) is 19.3 Å². The van der Waals surface area contributed by atoms with Crippen molar-refractivity contribution in [2.75, 3.05) is 20.7 Å². The largest absolute Gasteiger partial charge is 0.480 e. The number of aliphatic hydroxyl groups is 1. The molecule has 0 spiro atoms. The fraction of sp³-hybridized carbons (Fsp3) is 0.750. The maximum atomic E-state index is 11.8. The summed E-state index contributed by atoms with van der Waals surface area (Å²) in [5.74, 6) is -1.77. The first-order chi connectivity index (χ1) is 9.33. The number of hydrogen-bond acceptors (Lipinski definition) is 5. The molecular formula is C12H20N2O6. The first-order valence-corrected chi connectivity index (χ1v) is 6.32. The molecule has 1 saturated carbocycles. The molecule has 0 saturated heterocycles. The van der Waals surface area contributed by atoms with Crippen LogP contribution in [0.25, 0.3) is 0 Å². The number of ether oxygens (including phenoxy) is 1. The summed E-state index contributed by atoms with van der Waals surface area (Å²) in [6.07, 6.45) is 0.556. The Labute approximate surface area is 116 Å². The molecular weight excluding hydrogens is 268 g/mol. The van der Waals surface area contributed by atoms with Gasteiger partial charge < -0.3 is 25.2 Å². The van der Waals surface area contributed by atoms with Crippen LogP contribution in [0.15, 0.2) is 0 Å². The molecule has 8 nitrogen and oxygen atoms in total. The Morgan fingerprint density at radius 1 is 1.40 bits per heavy atom. The smallest absolute Gasteiger partial charge is 0.326 e. The molecule has 8 heteroatoms. The maximum Gasteiger partial charge on any atom is 0.326 e. The summed E-state index contributed by atoms with van der Waals surface area (Å²) in [6, 6.07) is -1.88. The minimum Gasteiger partial charge on any atom is -0.480 e. The van der Waals surface area contributed by atoms with Gasteiger partial charge in [-0.3, -0.25) is 4.79 Å². The molecule has 2 amide bonds. The highest BCUT2D eigenvalue weighted by atomic mass is 16.5. The SMILES string of the molecule is COC(=O)C[C@H](NC(=O)N(C)CC1CC(O)C1)C(=O)O. The van der Waals surface area contributed by atoms with Crippen molar-refractivity contribution < 1.29 is 29.3 Å². The van der Waals surface area contributed by atoms with Gasteiger partial charge in [-0.05, 0) is 18.8 Å². The summed E-state index contributed by atoms with van der Waals surface area (Å²) in [4.78, 5) is 35.2. The average molecular weight is 288 g/mol. The van der Waals surface area contributed by atoms with E-state index in [-0.39, 0.29) is 12.0 Å². The Balaban J connectivity index is 2.44. The Hall–Kier alpha value is -1.83. The number of aliphatic hydroxyl groups excluding tert-OH is 1. The van der Waals surface area contributed by atoms with Crippen molar-refractivity contribution in [3.8, 4) is 0 Å². The third-order valence-corrected chi connectivity index (χ3v) is 3.28. The number of rotatable bonds is 6. The van der Waals surface area contributed by atoms with Gasteiger partial charge in [0.2, 0.25) is 0 Å². The fourth-order valence-corrected chi connectivity index (χ4v) is 2.03. The molecule has 0 heterocycles. The van der Waals surface area contributed by atoms with Gasteiger partial charge in [0.15, 0.2) is 0 Å². The average Bonchev–Trinajstić information content (AvgIpc) is 2.35. The quantitative estimate of drug-likeness (QED) is 0.563. The van der Waals surface area contributed by atoms with E-state index in [0.29, 0.717) is 19.4 Å². The highest BCUT2D eigenvalue weighted by Gasteiger charge is 2.30. The van der Waals surface area contributed by atoms with Gasteiger partial charge in [-0.2, -0.15) is 0 Å². The lowest BCUT2D eigenvalue weighted by molar-refractivity contribution is -0.147. The van der Waals surface area contributed by atoms with Gasteiger partial charge >= 0.3 is 18.0 Å². The Bertz CT molecular complexity index is 380. The zero-order valence-corrected chi connectivity index (χ0v) is 11.5. The second-order valence-electron chi connectivity index (χ2n) is 4.99. The summed E-state index contributed by atoms with van der Waals surface area (Å²) >= 11 is 0. The fourth-order valence-electron chi connectivity index (χ4n) is 2.03. The second kappa shape index (κ2) is 7.09. The molecule has 0 aliphatic heterocycles. The summed E-state index contributed by atoms with van der Waals surface area (Å²) in [5.41, 5.74) is 0. The van der Waals surface area contributed by atoms with Crippen molar-refractivity contribution in [2.24, 2.45) is 5.92 Å². The monoisotopic (exact) mass is 288 g/mol. The van der Waals surface area contributed by atoms with Gasteiger partial charge in [0.25, 0.3) is 0 Å². The molecule has 114 valence electrons. The maximum absolute atomic E-state index is 11.8. The van der Waals surface area contributed by atoms with Crippen molar-refractivity contribution >= 4 is 18.0 Å². The van der Waals surface area contributed by atoms with Crippen molar-refractivity contribution in [1.82, 2.24) is 10.2 Å². The van der Waals surface area contributed by atoms with Gasteiger partial charge in [0.05, 0.1) is 19.6 Å². The Morgan fingerprint density at radius 2 is 2.00 bits per heavy atom. The third-order valence-electron chi connectivity index (χ3n) is 3.28. The third kappa shape index (κ3) is 4.69. The molecule has 0 aromatic carbocycles.